The Balaban J connectivity index is 1.38. The van der Waals surface area contributed by atoms with Gasteiger partial charge in [0.05, 0.1) is 19.2 Å². The van der Waals surface area contributed by atoms with Gasteiger partial charge in [0.15, 0.2) is 0 Å². The van der Waals surface area contributed by atoms with Crippen molar-refractivity contribution in [2.45, 2.75) is 6.54 Å². The van der Waals surface area contributed by atoms with Crippen molar-refractivity contribution < 1.29 is 9.47 Å². The molecule has 0 radical (unpaired) electrons. The van der Waals surface area contributed by atoms with Crippen molar-refractivity contribution in [3.05, 3.63) is 84.2 Å². The summed E-state index contributed by atoms with van der Waals surface area (Å²) >= 11 is 0. The number of hydrogen-bond donors (Lipinski definition) is 1. The van der Waals surface area contributed by atoms with Gasteiger partial charge in [-0.1, -0.05) is 30.3 Å². The van der Waals surface area contributed by atoms with E-state index in [1.807, 2.05) is 24.3 Å². The zero-order valence-corrected chi connectivity index (χ0v) is 16.5. The zero-order chi connectivity index (χ0) is 20.1. The van der Waals surface area contributed by atoms with Crippen LogP contribution in [0.3, 0.4) is 0 Å². The third kappa shape index (κ3) is 4.41. The molecular weight excluding hydrogens is 362 g/mol. The summed E-state index contributed by atoms with van der Waals surface area (Å²) in [6.45, 7) is 2.79. The van der Waals surface area contributed by atoms with Gasteiger partial charge in [0, 0.05) is 30.7 Å². The smallest absolute Gasteiger partial charge is 0.130 e. The van der Waals surface area contributed by atoms with Gasteiger partial charge in [0.2, 0.25) is 0 Å². The summed E-state index contributed by atoms with van der Waals surface area (Å²) in [6, 6.07) is 16.2. The molecule has 0 fully saturated rings. The third-order valence-corrected chi connectivity index (χ3v) is 5.05. The summed E-state index contributed by atoms with van der Waals surface area (Å²) in [4.78, 5) is 6.67. The Kier molecular flexibility index (Phi) is 5.77. The highest BCUT2D eigenvalue weighted by Crippen LogP contribution is 2.27. The summed E-state index contributed by atoms with van der Waals surface area (Å²) in [5.41, 5.74) is 10.3. The van der Waals surface area contributed by atoms with Crippen LogP contribution in [0, 0.1) is 0 Å². The number of methoxy groups -OCH3 is 1. The quantitative estimate of drug-likeness (QED) is 0.664. The maximum atomic E-state index is 6.08. The minimum Gasteiger partial charge on any atom is -0.497 e. The van der Waals surface area contributed by atoms with E-state index in [-0.39, 0.29) is 0 Å². The van der Waals surface area contributed by atoms with Crippen LogP contribution in [0.1, 0.15) is 11.1 Å². The zero-order valence-electron chi connectivity index (χ0n) is 16.5. The van der Waals surface area contributed by atoms with Crippen LogP contribution in [0.25, 0.3) is 16.5 Å². The summed E-state index contributed by atoms with van der Waals surface area (Å²) in [6.07, 6.45) is 8.12. The first-order valence-electron chi connectivity index (χ1n) is 9.73. The molecule has 0 bridgehead atoms. The minimum absolute atomic E-state index is 0.556. The van der Waals surface area contributed by atoms with Crippen LogP contribution in [0.15, 0.2) is 73.1 Å². The van der Waals surface area contributed by atoms with Gasteiger partial charge < -0.3 is 20.1 Å². The Bertz CT molecular complexity index is 1060. The molecule has 3 aromatic rings. The average molecular weight is 387 g/mol. The van der Waals surface area contributed by atoms with Gasteiger partial charge in [0.25, 0.3) is 0 Å². The van der Waals surface area contributed by atoms with Crippen LogP contribution in [-0.4, -0.2) is 36.7 Å². The second kappa shape index (κ2) is 8.80. The number of nitrogens with zero attached hydrogens (tertiary/aromatic N) is 2. The predicted octanol–water partition coefficient (Wildman–Crippen LogP) is 3.99. The highest BCUT2D eigenvalue weighted by Gasteiger charge is 2.11. The first-order chi connectivity index (χ1) is 14.3. The molecule has 4 rings (SSSR count). The topological polar surface area (TPSA) is 60.6 Å². The number of allylic oxidation sites excluding steroid dienone is 2. The molecule has 0 spiro atoms. The van der Waals surface area contributed by atoms with Crippen molar-refractivity contribution >= 4 is 16.5 Å². The molecule has 5 heteroatoms. The lowest BCUT2D eigenvalue weighted by Gasteiger charge is -2.25. The van der Waals surface area contributed by atoms with Gasteiger partial charge in [-0.15, -0.1) is 0 Å². The van der Waals surface area contributed by atoms with Crippen molar-refractivity contribution in [1.82, 2.24) is 9.88 Å². The van der Waals surface area contributed by atoms with E-state index < -0.39 is 0 Å². The standard InChI is InChI=1S/C24H25N3O2/c1-28-21-7-8-22-23(15-21)26-10-9-24(22)29-13-12-27-11-3-6-20(17-27)19-5-2-4-18(14-19)16-25/h2-11,14-15H,12-13,16-17,25H2,1H3. The van der Waals surface area contributed by atoms with E-state index >= 15 is 0 Å². The fraction of sp³-hybridized carbons (Fsp3) is 0.208. The van der Waals surface area contributed by atoms with Crippen LogP contribution in [-0.2, 0) is 6.54 Å². The van der Waals surface area contributed by atoms with Gasteiger partial charge in [-0.05, 0) is 47.2 Å². The van der Waals surface area contributed by atoms with Crippen LogP contribution in [0.4, 0.5) is 0 Å². The van der Waals surface area contributed by atoms with E-state index in [0.29, 0.717) is 13.2 Å². The predicted molar refractivity (Wildman–Crippen MR) is 117 cm³/mol. The maximum Gasteiger partial charge on any atom is 0.130 e. The molecule has 0 saturated carbocycles. The van der Waals surface area contributed by atoms with Crippen molar-refractivity contribution in [1.29, 1.82) is 0 Å². The van der Waals surface area contributed by atoms with Gasteiger partial charge in [0.1, 0.15) is 18.1 Å². The SMILES string of the molecule is COc1ccc2c(OCCN3C=CC=C(c4cccc(CN)c4)C3)ccnc2c1. The molecule has 0 unspecified atom stereocenters. The van der Waals surface area contributed by atoms with Crippen LogP contribution in [0.2, 0.25) is 0 Å². The monoisotopic (exact) mass is 387 g/mol. The van der Waals surface area contributed by atoms with Crippen molar-refractivity contribution in [2.24, 2.45) is 5.73 Å². The number of rotatable bonds is 7. The van der Waals surface area contributed by atoms with Crippen LogP contribution < -0.4 is 15.2 Å². The molecule has 5 nitrogen and oxygen atoms in total. The number of fused-ring (bicyclic) bond motifs is 1. The molecule has 1 aliphatic rings. The van der Waals surface area contributed by atoms with E-state index in [2.05, 4.69) is 52.5 Å². The molecule has 1 aliphatic heterocycles. The summed E-state index contributed by atoms with van der Waals surface area (Å²) in [5.74, 6) is 1.63. The largest absolute Gasteiger partial charge is 0.497 e. The Hall–Kier alpha value is -3.31. The molecule has 0 amide bonds. The highest BCUT2D eigenvalue weighted by molar-refractivity contribution is 5.85. The Morgan fingerprint density at radius 3 is 2.93 bits per heavy atom. The van der Waals surface area contributed by atoms with E-state index in [1.165, 1.54) is 11.1 Å². The van der Waals surface area contributed by atoms with E-state index in [4.69, 9.17) is 15.2 Å². The van der Waals surface area contributed by atoms with E-state index in [0.717, 1.165) is 41.1 Å². The van der Waals surface area contributed by atoms with Gasteiger partial charge >= 0.3 is 0 Å². The van der Waals surface area contributed by atoms with Crippen molar-refractivity contribution in [3.63, 3.8) is 0 Å². The van der Waals surface area contributed by atoms with E-state index in [9.17, 15) is 0 Å². The summed E-state index contributed by atoms with van der Waals surface area (Å²) < 4.78 is 11.4. The first kappa shape index (κ1) is 19.0. The number of aromatic nitrogens is 1. The number of nitrogens with two attached hydrogens (primary N) is 1. The highest BCUT2D eigenvalue weighted by atomic mass is 16.5. The first-order valence-corrected chi connectivity index (χ1v) is 9.73. The minimum atomic E-state index is 0.556. The molecule has 0 aliphatic carbocycles. The molecular formula is C24H25N3O2. The maximum absolute atomic E-state index is 6.08. The Labute approximate surface area is 171 Å². The second-order valence-electron chi connectivity index (χ2n) is 6.95. The second-order valence-corrected chi connectivity index (χ2v) is 6.95. The molecule has 2 heterocycles. The number of benzene rings is 2. The van der Waals surface area contributed by atoms with Gasteiger partial charge in [-0.2, -0.15) is 0 Å². The molecule has 2 aromatic carbocycles. The van der Waals surface area contributed by atoms with Crippen LogP contribution >= 0.6 is 0 Å². The molecule has 1 aromatic heterocycles. The average Bonchev–Trinajstić information content (AvgIpc) is 2.79. The molecule has 0 saturated heterocycles. The fourth-order valence-electron chi connectivity index (χ4n) is 3.47. The number of ether oxygens (including phenoxy) is 2. The fourth-order valence-corrected chi connectivity index (χ4v) is 3.47. The van der Waals surface area contributed by atoms with Crippen molar-refractivity contribution in [3.8, 4) is 11.5 Å². The van der Waals surface area contributed by atoms with Gasteiger partial charge in [-0.25, -0.2) is 0 Å². The van der Waals surface area contributed by atoms with E-state index in [1.54, 1.807) is 13.3 Å². The molecule has 2 N–H and O–H groups in total. The Morgan fingerprint density at radius 2 is 2.07 bits per heavy atom. The molecule has 0 atom stereocenters. The number of hydrogen-bond acceptors (Lipinski definition) is 5. The summed E-state index contributed by atoms with van der Waals surface area (Å²) in [7, 11) is 1.66. The number of pyridine rings is 1. The Morgan fingerprint density at radius 1 is 1.14 bits per heavy atom. The molecule has 29 heavy (non-hydrogen) atoms. The third-order valence-electron chi connectivity index (χ3n) is 5.05. The lowest BCUT2D eigenvalue weighted by Crippen LogP contribution is -2.26. The van der Waals surface area contributed by atoms with Crippen LogP contribution in [0.5, 0.6) is 11.5 Å². The molecule has 148 valence electrons. The summed E-state index contributed by atoms with van der Waals surface area (Å²) in [5, 5.41) is 0.988. The van der Waals surface area contributed by atoms with Crippen molar-refractivity contribution in [2.75, 3.05) is 26.8 Å². The lowest BCUT2D eigenvalue weighted by atomic mass is 10.0. The van der Waals surface area contributed by atoms with Gasteiger partial charge in [-0.3, -0.25) is 4.98 Å². The normalized spacial score (nSPS) is 13.4. The lowest BCUT2D eigenvalue weighted by molar-refractivity contribution is 0.267.